The van der Waals surface area contributed by atoms with Crippen molar-refractivity contribution >= 4 is 17.7 Å². The van der Waals surface area contributed by atoms with Crippen LogP contribution in [0.25, 0.3) is 0 Å². The van der Waals surface area contributed by atoms with Gasteiger partial charge in [-0.3, -0.25) is 10.1 Å². The maximum Gasteiger partial charge on any atom is 0.323 e. The number of carbonyl (C=O) groups excluding carboxylic acids is 1. The molecule has 3 unspecified atom stereocenters. The van der Waals surface area contributed by atoms with Gasteiger partial charge in [0.2, 0.25) is 0 Å². The van der Waals surface area contributed by atoms with Crippen LogP contribution in [0.3, 0.4) is 0 Å². The first-order valence-electron chi connectivity index (χ1n) is 5.93. The Hall–Kier alpha value is -1.07. The zero-order chi connectivity index (χ0) is 12.7. The second-order valence-corrected chi connectivity index (χ2v) is 5.91. The minimum absolute atomic E-state index is 0.128. The third kappa shape index (κ3) is 1.91. The van der Waals surface area contributed by atoms with Gasteiger partial charge in [0, 0.05) is 17.0 Å². The summed E-state index contributed by atoms with van der Waals surface area (Å²) in [5.41, 5.74) is 2.16. The second kappa shape index (κ2) is 4.55. The highest BCUT2D eigenvalue weighted by Crippen LogP contribution is 2.41. The van der Waals surface area contributed by atoms with Gasteiger partial charge in [0.15, 0.2) is 0 Å². The maximum absolute atomic E-state index is 13.2. The largest absolute Gasteiger partial charge is 0.468 e. The minimum atomic E-state index is -0.266. The number of benzene rings is 1. The predicted octanol–water partition coefficient (Wildman–Crippen LogP) is 1.67. The molecule has 0 saturated carbocycles. The van der Waals surface area contributed by atoms with Crippen LogP contribution in [0.4, 0.5) is 4.39 Å². The lowest BCUT2D eigenvalue weighted by molar-refractivity contribution is -0.142. The molecule has 3 atom stereocenters. The molecule has 0 radical (unpaired) electrons. The molecule has 3 nitrogen and oxygen atoms in total. The normalized spacial score (nSPS) is 29.6. The molecule has 0 spiro atoms. The van der Waals surface area contributed by atoms with Crippen molar-refractivity contribution in [2.24, 2.45) is 0 Å². The molecule has 5 heteroatoms. The van der Waals surface area contributed by atoms with Crippen LogP contribution in [0, 0.1) is 5.82 Å². The van der Waals surface area contributed by atoms with Gasteiger partial charge >= 0.3 is 5.97 Å². The minimum Gasteiger partial charge on any atom is -0.468 e. The highest BCUT2D eigenvalue weighted by molar-refractivity contribution is 8.00. The SMILES string of the molecule is COC(=O)C1CSC2Cc3cc(F)ccc3C2N1. The molecule has 1 aliphatic carbocycles. The van der Waals surface area contributed by atoms with E-state index in [0.717, 1.165) is 17.5 Å². The summed E-state index contributed by atoms with van der Waals surface area (Å²) in [4.78, 5) is 11.6. The van der Waals surface area contributed by atoms with Gasteiger partial charge in [0.05, 0.1) is 7.11 Å². The van der Waals surface area contributed by atoms with Crippen LogP contribution in [0.1, 0.15) is 17.2 Å². The number of halogens is 1. The van der Waals surface area contributed by atoms with Crippen molar-refractivity contribution in [2.75, 3.05) is 12.9 Å². The number of hydrogen-bond acceptors (Lipinski definition) is 4. The second-order valence-electron chi connectivity index (χ2n) is 4.64. The number of thioether (sulfide) groups is 1. The summed E-state index contributed by atoms with van der Waals surface area (Å²) in [5.74, 6) is 0.294. The van der Waals surface area contributed by atoms with Crippen molar-refractivity contribution in [2.45, 2.75) is 23.8 Å². The van der Waals surface area contributed by atoms with Gasteiger partial charge in [0.25, 0.3) is 0 Å². The zero-order valence-corrected chi connectivity index (χ0v) is 10.8. The average Bonchev–Trinajstić information content (AvgIpc) is 2.74. The van der Waals surface area contributed by atoms with Crippen LogP contribution in [0.2, 0.25) is 0 Å². The Kier molecular flexibility index (Phi) is 3.03. The number of fused-ring (bicyclic) bond motifs is 3. The summed E-state index contributed by atoms with van der Waals surface area (Å²) in [6.45, 7) is 0. The number of carbonyl (C=O) groups is 1. The Morgan fingerprint density at radius 2 is 2.39 bits per heavy atom. The molecule has 0 aromatic heterocycles. The zero-order valence-electron chi connectivity index (χ0n) is 9.98. The molecule has 1 heterocycles. The molecule has 3 rings (SSSR count). The molecule has 18 heavy (non-hydrogen) atoms. The summed E-state index contributed by atoms with van der Waals surface area (Å²) in [7, 11) is 1.40. The summed E-state index contributed by atoms with van der Waals surface area (Å²) >= 11 is 1.76. The van der Waals surface area contributed by atoms with Crippen LogP contribution < -0.4 is 5.32 Å². The quantitative estimate of drug-likeness (QED) is 0.786. The van der Waals surface area contributed by atoms with Gasteiger partial charge in [0.1, 0.15) is 11.9 Å². The molecule has 1 aromatic rings. The smallest absolute Gasteiger partial charge is 0.323 e. The van der Waals surface area contributed by atoms with E-state index in [1.165, 1.54) is 13.2 Å². The summed E-state index contributed by atoms with van der Waals surface area (Å²) in [6.07, 6.45) is 0.864. The molecule has 1 saturated heterocycles. The van der Waals surface area contributed by atoms with E-state index in [-0.39, 0.29) is 23.9 Å². The number of esters is 1. The van der Waals surface area contributed by atoms with Crippen LogP contribution in [0.5, 0.6) is 0 Å². The molecular weight excluding hydrogens is 253 g/mol. The molecular formula is C13H14FNO2S. The van der Waals surface area contributed by atoms with E-state index in [4.69, 9.17) is 4.74 Å². The topological polar surface area (TPSA) is 38.3 Å². The molecule has 1 aromatic carbocycles. The monoisotopic (exact) mass is 267 g/mol. The number of nitrogens with one attached hydrogen (secondary N) is 1. The lowest BCUT2D eigenvalue weighted by Gasteiger charge is -2.32. The fraction of sp³-hybridized carbons (Fsp3) is 0.462. The van der Waals surface area contributed by atoms with Crippen molar-refractivity contribution in [3.05, 3.63) is 35.1 Å². The van der Waals surface area contributed by atoms with E-state index in [1.807, 2.05) is 6.07 Å². The Morgan fingerprint density at radius 3 is 3.17 bits per heavy atom. The van der Waals surface area contributed by atoms with Crippen LogP contribution >= 0.6 is 11.8 Å². The maximum atomic E-state index is 13.2. The van der Waals surface area contributed by atoms with Crippen molar-refractivity contribution in [3.63, 3.8) is 0 Å². The van der Waals surface area contributed by atoms with Crippen LogP contribution in [-0.2, 0) is 16.0 Å². The highest BCUT2D eigenvalue weighted by atomic mass is 32.2. The van der Waals surface area contributed by atoms with E-state index in [0.29, 0.717) is 11.0 Å². The lowest BCUT2D eigenvalue weighted by atomic mass is 10.1. The molecule has 0 bridgehead atoms. The number of rotatable bonds is 1. The standard InChI is InChI=1S/C13H14FNO2S/c1-17-13(16)10-6-18-11-5-7-4-8(14)2-3-9(7)12(11)15-10/h2-4,10-12,15H,5-6H2,1H3. The number of hydrogen-bond donors (Lipinski definition) is 1. The van der Waals surface area contributed by atoms with E-state index >= 15 is 0 Å². The Labute approximate surface area is 109 Å². The number of methoxy groups -OCH3 is 1. The Morgan fingerprint density at radius 1 is 1.56 bits per heavy atom. The van der Waals surface area contributed by atoms with Gasteiger partial charge < -0.3 is 4.74 Å². The molecule has 0 amide bonds. The van der Waals surface area contributed by atoms with E-state index in [1.54, 1.807) is 17.8 Å². The fourth-order valence-electron chi connectivity index (χ4n) is 2.70. The van der Waals surface area contributed by atoms with E-state index in [2.05, 4.69) is 5.32 Å². The molecule has 96 valence electrons. The summed E-state index contributed by atoms with van der Waals surface area (Å²) in [6, 6.07) is 4.77. The lowest BCUT2D eigenvalue weighted by Crippen LogP contribution is -2.47. The predicted molar refractivity (Wildman–Crippen MR) is 68.0 cm³/mol. The summed E-state index contributed by atoms with van der Waals surface area (Å²) in [5, 5.41) is 3.72. The Balaban J connectivity index is 1.85. The molecule has 1 fully saturated rings. The van der Waals surface area contributed by atoms with Crippen molar-refractivity contribution in [1.29, 1.82) is 0 Å². The van der Waals surface area contributed by atoms with Gasteiger partial charge in [-0.25, -0.2) is 4.39 Å². The van der Waals surface area contributed by atoms with Gasteiger partial charge in [-0.2, -0.15) is 11.8 Å². The Bertz CT molecular complexity index is 494. The van der Waals surface area contributed by atoms with Gasteiger partial charge in [-0.15, -0.1) is 0 Å². The first kappa shape index (κ1) is 12.0. The highest BCUT2D eigenvalue weighted by Gasteiger charge is 2.40. The van der Waals surface area contributed by atoms with Crippen LogP contribution in [0.15, 0.2) is 18.2 Å². The first-order valence-corrected chi connectivity index (χ1v) is 6.97. The molecule has 2 aliphatic rings. The molecule has 1 N–H and O–H groups in total. The average molecular weight is 267 g/mol. The number of ether oxygens (including phenoxy) is 1. The van der Waals surface area contributed by atoms with Gasteiger partial charge in [-0.05, 0) is 29.7 Å². The van der Waals surface area contributed by atoms with Crippen molar-refractivity contribution in [1.82, 2.24) is 5.32 Å². The van der Waals surface area contributed by atoms with Crippen molar-refractivity contribution < 1.29 is 13.9 Å². The molecule has 1 aliphatic heterocycles. The van der Waals surface area contributed by atoms with Crippen molar-refractivity contribution in [3.8, 4) is 0 Å². The summed E-state index contributed by atoms with van der Waals surface area (Å²) < 4.78 is 18.0. The third-order valence-corrected chi connectivity index (χ3v) is 4.97. The van der Waals surface area contributed by atoms with Gasteiger partial charge in [-0.1, -0.05) is 6.07 Å². The first-order chi connectivity index (χ1) is 8.69. The fourth-order valence-corrected chi connectivity index (χ4v) is 4.09. The van der Waals surface area contributed by atoms with E-state index < -0.39 is 0 Å². The third-order valence-electron chi connectivity index (χ3n) is 3.58. The van der Waals surface area contributed by atoms with E-state index in [9.17, 15) is 9.18 Å². The van der Waals surface area contributed by atoms with Crippen LogP contribution in [-0.4, -0.2) is 30.1 Å².